The van der Waals surface area contributed by atoms with Gasteiger partial charge in [0, 0.05) is 45.0 Å². The average molecular weight is 521 g/mol. The van der Waals surface area contributed by atoms with Crippen molar-refractivity contribution in [3.63, 3.8) is 0 Å². The first kappa shape index (κ1) is 26.3. The van der Waals surface area contributed by atoms with Gasteiger partial charge in [-0.25, -0.2) is 9.97 Å². The highest BCUT2D eigenvalue weighted by molar-refractivity contribution is 5.76. The highest BCUT2D eigenvalue weighted by Crippen LogP contribution is 2.67. The van der Waals surface area contributed by atoms with Gasteiger partial charge in [0.15, 0.2) is 0 Å². The summed E-state index contributed by atoms with van der Waals surface area (Å²) in [5.74, 6) is 4.85. The van der Waals surface area contributed by atoms with Gasteiger partial charge in [-0.3, -0.25) is 4.79 Å². The summed E-state index contributed by atoms with van der Waals surface area (Å²) < 4.78 is 0. The molecule has 208 valence electrons. The summed E-state index contributed by atoms with van der Waals surface area (Å²) in [6.45, 7) is 10.7. The van der Waals surface area contributed by atoms with Crippen LogP contribution in [0.3, 0.4) is 0 Å². The first-order valence-corrected chi connectivity index (χ1v) is 15.5. The van der Waals surface area contributed by atoms with Gasteiger partial charge in [-0.2, -0.15) is 0 Å². The van der Waals surface area contributed by atoms with Crippen LogP contribution < -0.4 is 4.90 Å². The summed E-state index contributed by atoms with van der Waals surface area (Å²) in [6, 6.07) is 1.84. The van der Waals surface area contributed by atoms with Crippen LogP contribution in [0.2, 0.25) is 0 Å². The fourth-order valence-corrected chi connectivity index (χ4v) is 9.94. The summed E-state index contributed by atoms with van der Waals surface area (Å²) in [6.07, 6.45) is 17.4. The molecule has 1 aromatic rings. The molecule has 0 radical (unpaired) electrons. The second kappa shape index (κ2) is 10.2. The van der Waals surface area contributed by atoms with E-state index in [2.05, 4.69) is 46.6 Å². The second-order valence-electron chi connectivity index (χ2n) is 13.8. The van der Waals surface area contributed by atoms with Crippen LogP contribution in [0, 0.1) is 40.4 Å². The molecule has 1 aromatic heterocycles. The molecule has 1 aliphatic heterocycles. The van der Waals surface area contributed by atoms with Crippen LogP contribution in [-0.4, -0.2) is 58.2 Å². The zero-order valence-corrected chi connectivity index (χ0v) is 23.8. The van der Waals surface area contributed by atoms with Gasteiger partial charge in [-0.1, -0.05) is 32.4 Å². The van der Waals surface area contributed by atoms with Gasteiger partial charge < -0.3 is 14.9 Å². The van der Waals surface area contributed by atoms with Crippen LogP contribution in [0.4, 0.5) is 5.95 Å². The van der Waals surface area contributed by atoms with Crippen LogP contribution in [0.5, 0.6) is 0 Å². The van der Waals surface area contributed by atoms with Crippen molar-refractivity contribution < 1.29 is 9.90 Å². The van der Waals surface area contributed by atoms with Crippen molar-refractivity contribution in [3.8, 4) is 0 Å². The lowest BCUT2D eigenvalue weighted by atomic mass is 9.47. The molecule has 5 aliphatic rings. The van der Waals surface area contributed by atoms with Gasteiger partial charge in [-0.05, 0) is 104 Å². The Morgan fingerprint density at radius 1 is 1.05 bits per heavy atom. The Morgan fingerprint density at radius 3 is 2.58 bits per heavy atom. The molecule has 1 N–H and O–H groups in total. The van der Waals surface area contributed by atoms with Crippen LogP contribution in [0.1, 0.15) is 85.0 Å². The Morgan fingerprint density at radius 2 is 1.82 bits per heavy atom. The Bertz CT molecular complexity index is 1040. The first-order chi connectivity index (χ1) is 18.3. The number of aliphatic hydroxyl groups excluding tert-OH is 1. The quantitative estimate of drug-likeness (QED) is 0.521. The number of aliphatic hydroxyl groups is 1. The molecule has 6 nitrogen and oxygen atoms in total. The molecular weight excluding hydrogens is 472 g/mol. The van der Waals surface area contributed by atoms with E-state index in [0.29, 0.717) is 29.1 Å². The molecule has 4 aliphatic carbocycles. The van der Waals surface area contributed by atoms with Crippen molar-refractivity contribution in [1.29, 1.82) is 0 Å². The summed E-state index contributed by atoms with van der Waals surface area (Å²) >= 11 is 0. The minimum Gasteiger partial charge on any atom is -0.393 e. The molecular formula is C32H48N4O2. The molecule has 0 spiro atoms. The maximum absolute atomic E-state index is 13.2. The minimum atomic E-state index is -0.124. The predicted octanol–water partition coefficient (Wildman–Crippen LogP) is 5.48. The van der Waals surface area contributed by atoms with Crippen molar-refractivity contribution in [2.75, 3.05) is 31.1 Å². The maximum Gasteiger partial charge on any atom is 0.225 e. The van der Waals surface area contributed by atoms with Crippen molar-refractivity contribution in [2.24, 2.45) is 40.4 Å². The van der Waals surface area contributed by atoms with E-state index in [1.807, 2.05) is 6.07 Å². The number of aromatic nitrogens is 2. The van der Waals surface area contributed by atoms with Gasteiger partial charge in [0.25, 0.3) is 0 Å². The predicted molar refractivity (Wildman–Crippen MR) is 150 cm³/mol. The smallest absolute Gasteiger partial charge is 0.225 e. The largest absolute Gasteiger partial charge is 0.393 e. The molecule has 3 saturated carbocycles. The Kier molecular flexibility index (Phi) is 7.07. The number of hydrogen-bond donors (Lipinski definition) is 1. The third-order valence-electron chi connectivity index (χ3n) is 12.1. The van der Waals surface area contributed by atoms with Gasteiger partial charge in [0.2, 0.25) is 11.9 Å². The Balaban J connectivity index is 1.04. The topological polar surface area (TPSA) is 69.6 Å². The molecule has 0 aromatic carbocycles. The number of anilines is 1. The van der Waals surface area contributed by atoms with Gasteiger partial charge in [-0.15, -0.1) is 0 Å². The number of piperazine rings is 1. The van der Waals surface area contributed by atoms with E-state index in [1.54, 1.807) is 18.0 Å². The van der Waals surface area contributed by atoms with Gasteiger partial charge in [0.05, 0.1) is 6.10 Å². The molecule has 1 amide bonds. The van der Waals surface area contributed by atoms with Crippen LogP contribution in [-0.2, 0) is 4.79 Å². The lowest BCUT2D eigenvalue weighted by Crippen LogP contribution is -2.51. The number of allylic oxidation sites excluding steroid dienone is 1. The van der Waals surface area contributed by atoms with E-state index in [1.165, 1.54) is 38.5 Å². The summed E-state index contributed by atoms with van der Waals surface area (Å²) in [7, 11) is 0. The fourth-order valence-electron chi connectivity index (χ4n) is 9.94. The fraction of sp³-hybridized carbons (Fsp3) is 0.781. The normalized spacial score (nSPS) is 39.6. The van der Waals surface area contributed by atoms with E-state index < -0.39 is 0 Å². The third-order valence-corrected chi connectivity index (χ3v) is 12.1. The van der Waals surface area contributed by atoms with E-state index in [9.17, 15) is 9.90 Å². The van der Waals surface area contributed by atoms with Crippen LogP contribution in [0.15, 0.2) is 30.1 Å². The van der Waals surface area contributed by atoms with E-state index in [4.69, 9.17) is 0 Å². The van der Waals surface area contributed by atoms with Gasteiger partial charge >= 0.3 is 0 Å². The number of nitrogens with zero attached hydrogens (tertiary/aromatic N) is 4. The molecule has 4 fully saturated rings. The molecule has 6 rings (SSSR count). The molecule has 1 unspecified atom stereocenters. The molecule has 1 saturated heterocycles. The van der Waals surface area contributed by atoms with Gasteiger partial charge in [0.1, 0.15) is 0 Å². The van der Waals surface area contributed by atoms with Crippen LogP contribution >= 0.6 is 0 Å². The number of carbonyl (C=O) groups is 1. The highest BCUT2D eigenvalue weighted by atomic mass is 16.3. The van der Waals surface area contributed by atoms with E-state index in [-0.39, 0.29) is 6.10 Å². The monoisotopic (exact) mass is 520 g/mol. The lowest BCUT2D eigenvalue weighted by Gasteiger charge is -2.58. The summed E-state index contributed by atoms with van der Waals surface area (Å²) in [5.41, 5.74) is 2.30. The molecule has 6 heteroatoms. The molecule has 2 heterocycles. The number of hydrogen-bond acceptors (Lipinski definition) is 5. The van der Waals surface area contributed by atoms with Crippen LogP contribution in [0.25, 0.3) is 0 Å². The van der Waals surface area contributed by atoms with E-state index in [0.717, 1.165) is 75.1 Å². The summed E-state index contributed by atoms with van der Waals surface area (Å²) in [4.78, 5) is 26.1. The lowest BCUT2D eigenvalue weighted by molar-refractivity contribution is -0.132. The Hall–Kier alpha value is -1.95. The Labute approximate surface area is 229 Å². The van der Waals surface area contributed by atoms with Crippen molar-refractivity contribution in [1.82, 2.24) is 14.9 Å². The summed E-state index contributed by atoms with van der Waals surface area (Å²) in [5, 5.41) is 10.3. The molecule has 38 heavy (non-hydrogen) atoms. The van der Waals surface area contributed by atoms with Crippen molar-refractivity contribution in [3.05, 3.63) is 30.1 Å². The standard InChI is InChI=1S/C32H48N4O2/c1-22(5-10-29(38)35-17-19-36(20-18-35)30-33-15-4-16-34-30)26-8-9-27-25-7-6-23-21-24(37)11-13-31(23,2)28(25)12-14-32(26,27)3/h4,6,15-16,22,24-28,37H,5,7-14,17-21H2,1-3H3/t22?,24-,25-,26+,27-,28-,31-,32+/m0/s1. The van der Waals surface area contributed by atoms with E-state index >= 15 is 0 Å². The maximum atomic E-state index is 13.2. The SMILES string of the molecule is CC(CCC(=O)N1CCN(c2ncccn2)CC1)[C@H]1CC[C@H]2[C@@H]3CC=C4C[C@@H](O)CC[C@]4(C)[C@H]3CC[C@]12C. The minimum absolute atomic E-state index is 0.124. The molecule has 8 atom stereocenters. The van der Waals surface area contributed by atoms with Crippen molar-refractivity contribution >= 4 is 11.9 Å². The number of rotatable bonds is 5. The number of fused-ring (bicyclic) bond motifs is 5. The first-order valence-electron chi connectivity index (χ1n) is 15.5. The second-order valence-corrected chi connectivity index (χ2v) is 13.8. The highest BCUT2D eigenvalue weighted by Gasteiger charge is 2.59. The zero-order chi connectivity index (χ0) is 26.5. The number of carbonyl (C=O) groups excluding carboxylic acids is 1. The third kappa shape index (κ3) is 4.49. The molecule has 0 bridgehead atoms. The average Bonchev–Trinajstić information content (AvgIpc) is 3.30. The number of amides is 1. The zero-order valence-electron chi connectivity index (χ0n) is 23.8. The van der Waals surface area contributed by atoms with Crippen molar-refractivity contribution in [2.45, 2.75) is 91.1 Å².